The summed E-state index contributed by atoms with van der Waals surface area (Å²) in [6, 6.07) is 0. The third kappa shape index (κ3) is 2.53. The first kappa shape index (κ1) is 13.4. The normalized spacial score (nSPS) is 27.6. The van der Waals surface area contributed by atoms with Crippen molar-refractivity contribution in [1.82, 2.24) is 0 Å². The molecule has 5 nitrogen and oxygen atoms in total. The van der Waals surface area contributed by atoms with Gasteiger partial charge in [-0.15, -0.1) is 0 Å². The molecule has 0 saturated heterocycles. The van der Waals surface area contributed by atoms with Crippen molar-refractivity contribution in [2.45, 2.75) is 39.4 Å². The van der Waals surface area contributed by atoms with Crippen molar-refractivity contribution in [2.75, 3.05) is 13.7 Å². The van der Waals surface area contributed by atoms with E-state index in [0.29, 0.717) is 0 Å². The van der Waals surface area contributed by atoms with Gasteiger partial charge in [-0.2, -0.15) is 0 Å². The van der Waals surface area contributed by atoms with E-state index in [1.54, 1.807) is 13.8 Å². The molecule has 0 heterocycles. The van der Waals surface area contributed by atoms with Crippen molar-refractivity contribution in [2.24, 2.45) is 11.3 Å². The molecule has 0 aromatic rings. The van der Waals surface area contributed by atoms with E-state index < -0.39 is 5.60 Å². The monoisotopic (exact) mass is 232 g/mol. The molecule has 1 aliphatic rings. The third-order valence-electron chi connectivity index (χ3n) is 2.94. The van der Waals surface area contributed by atoms with E-state index in [1.807, 2.05) is 13.8 Å². The molecule has 0 amide bonds. The number of carbonyl (C=O) groups excluding carboxylic acids is 1. The average Bonchev–Trinajstić information content (AvgIpc) is 2.77. The number of hydrogen-bond acceptors (Lipinski definition) is 5. The Hall–Kier alpha value is -0.650. The molecule has 0 aromatic heterocycles. The van der Waals surface area contributed by atoms with Crippen LogP contribution in [0.4, 0.5) is 0 Å². The average molecular weight is 232 g/mol. The molecule has 0 aliphatic heterocycles. The lowest BCUT2D eigenvalue weighted by molar-refractivity contribution is -0.370. The lowest BCUT2D eigenvalue weighted by atomic mass is 10.1. The van der Waals surface area contributed by atoms with E-state index in [0.717, 1.165) is 0 Å². The molecular formula is C11H20O5. The minimum Gasteiger partial charge on any atom is -0.469 e. The van der Waals surface area contributed by atoms with Crippen LogP contribution in [0.2, 0.25) is 0 Å². The largest absolute Gasteiger partial charge is 0.469 e. The molecule has 5 heteroatoms. The summed E-state index contributed by atoms with van der Waals surface area (Å²) in [4.78, 5) is 21.7. The summed E-state index contributed by atoms with van der Waals surface area (Å²) in [5, 5.41) is 8.98. The smallest absolute Gasteiger partial charge is 0.312 e. The highest BCUT2D eigenvalue weighted by Crippen LogP contribution is 2.55. The molecular weight excluding hydrogens is 212 g/mol. The molecule has 2 atom stereocenters. The Bertz CT molecular complexity index is 272. The van der Waals surface area contributed by atoms with Crippen molar-refractivity contribution in [3.63, 3.8) is 0 Å². The second kappa shape index (κ2) is 4.31. The first-order valence-electron chi connectivity index (χ1n) is 5.29. The second-order valence-corrected chi connectivity index (χ2v) is 5.34. The highest BCUT2D eigenvalue weighted by molar-refractivity contribution is 5.78. The van der Waals surface area contributed by atoms with Crippen molar-refractivity contribution >= 4 is 5.97 Å². The molecule has 2 unspecified atom stereocenters. The van der Waals surface area contributed by atoms with Gasteiger partial charge in [0.05, 0.1) is 19.6 Å². The molecule has 94 valence electrons. The Labute approximate surface area is 95.6 Å². The van der Waals surface area contributed by atoms with E-state index in [-0.39, 0.29) is 30.0 Å². The van der Waals surface area contributed by atoms with Gasteiger partial charge in [-0.3, -0.25) is 4.79 Å². The van der Waals surface area contributed by atoms with Crippen LogP contribution in [-0.2, 0) is 19.3 Å². The first-order valence-corrected chi connectivity index (χ1v) is 5.29. The minimum absolute atomic E-state index is 0.150. The maximum absolute atomic E-state index is 11.4. The van der Waals surface area contributed by atoms with Crippen LogP contribution in [0.3, 0.4) is 0 Å². The van der Waals surface area contributed by atoms with Crippen molar-refractivity contribution < 1.29 is 24.4 Å². The van der Waals surface area contributed by atoms with Crippen LogP contribution in [0, 0.1) is 11.3 Å². The molecule has 1 fully saturated rings. The highest BCUT2D eigenvalue weighted by atomic mass is 17.2. The van der Waals surface area contributed by atoms with Crippen LogP contribution in [-0.4, -0.2) is 36.5 Å². The van der Waals surface area contributed by atoms with Gasteiger partial charge in [0.1, 0.15) is 11.7 Å². The number of aliphatic hydroxyl groups is 1. The van der Waals surface area contributed by atoms with E-state index in [2.05, 4.69) is 4.74 Å². The summed E-state index contributed by atoms with van der Waals surface area (Å²) in [7, 11) is 1.35. The van der Waals surface area contributed by atoms with Gasteiger partial charge in [-0.1, -0.05) is 13.8 Å². The first-order chi connectivity index (χ1) is 7.26. The number of esters is 1. The number of aliphatic hydroxyl groups excluding tert-OH is 1. The predicted octanol–water partition coefficient (Wildman–Crippen LogP) is 0.903. The lowest BCUT2D eigenvalue weighted by Crippen LogP contribution is -2.30. The van der Waals surface area contributed by atoms with Crippen LogP contribution in [0.25, 0.3) is 0 Å². The van der Waals surface area contributed by atoms with Gasteiger partial charge < -0.3 is 9.84 Å². The fourth-order valence-corrected chi connectivity index (χ4v) is 1.53. The molecule has 0 bridgehead atoms. The number of carbonyl (C=O) groups is 1. The third-order valence-corrected chi connectivity index (χ3v) is 2.94. The summed E-state index contributed by atoms with van der Waals surface area (Å²) in [6.45, 7) is 7.08. The maximum Gasteiger partial charge on any atom is 0.312 e. The SMILES string of the molecule is COC(=O)C1C(OOC(C)(C)CO)C1(C)C. The fourth-order valence-electron chi connectivity index (χ4n) is 1.53. The topological polar surface area (TPSA) is 65.0 Å². The van der Waals surface area contributed by atoms with Crippen LogP contribution in [0.5, 0.6) is 0 Å². The Morgan fingerprint density at radius 1 is 1.44 bits per heavy atom. The molecule has 0 aromatic carbocycles. The summed E-state index contributed by atoms with van der Waals surface area (Å²) in [5.74, 6) is -0.590. The summed E-state index contributed by atoms with van der Waals surface area (Å²) in [6.07, 6.45) is -0.314. The van der Waals surface area contributed by atoms with Gasteiger partial charge in [0.15, 0.2) is 0 Å². The summed E-state index contributed by atoms with van der Waals surface area (Å²) in [5.41, 5.74) is -1.04. The van der Waals surface area contributed by atoms with E-state index in [4.69, 9.17) is 14.9 Å². The van der Waals surface area contributed by atoms with Gasteiger partial charge in [-0.25, -0.2) is 9.78 Å². The Morgan fingerprint density at radius 2 is 2.00 bits per heavy atom. The summed E-state index contributed by atoms with van der Waals surface area (Å²) < 4.78 is 4.67. The van der Waals surface area contributed by atoms with Crippen LogP contribution < -0.4 is 0 Å². The van der Waals surface area contributed by atoms with Gasteiger partial charge in [0.2, 0.25) is 0 Å². The second-order valence-electron chi connectivity index (χ2n) is 5.34. The number of ether oxygens (including phenoxy) is 1. The fraction of sp³-hybridized carbons (Fsp3) is 0.909. The lowest BCUT2D eigenvalue weighted by Gasteiger charge is -2.20. The van der Waals surface area contributed by atoms with Gasteiger partial charge in [0.25, 0.3) is 0 Å². The van der Waals surface area contributed by atoms with Crippen molar-refractivity contribution in [3.05, 3.63) is 0 Å². The predicted molar refractivity (Wildman–Crippen MR) is 56.4 cm³/mol. The maximum atomic E-state index is 11.4. The standard InChI is InChI=1S/C11H20O5/c1-10(2,6-12)16-15-8-7(9(13)14-5)11(8,3)4/h7-8,12H,6H2,1-5H3. The zero-order valence-electron chi connectivity index (χ0n) is 10.4. The van der Waals surface area contributed by atoms with Gasteiger partial charge in [-0.05, 0) is 13.8 Å². The minimum atomic E-state index is -0.765. The van der Waals surface area contributed by atoms with Gasteiger partial charge >= 0.3 is 5.97 Å². The number of hydrogen-bond donors (Lipinski definition) is 1. The molecule has 1 N–H and O–H groups in total. The Balaban J connectivity index is 2.49. The van der Waals surface area contributed by atoms with Crippen LogP contribution in [0.1, 0.15) is 27.7 Å². The molecule has 1 aliphatic carbocycles. The van der Waals surface area contributed by atoms with Gasteiger partial charge in [0, 0.05) is 5.41 Å². The Morgan fingerprint density at radius 3 is 2.44 bits per heavy atom. The van der Waals surface area contributed by atoms with Crippen LogP contribution in [0.15, 0.2) is 0 Å². The molecule has 16 heavy (non-hydrogen) atoms. The molecule has 1 saturated carbocycles. The number of rotatable bonds is 5. The summed E-state index contributed by atoms with van der Waals surface area (Å²) >= 11 is 0. The molecule has 0 spiro atoms. The Kier molecular flexibility index (Phi) is 3.62. The zero-order valence-corrected chi connectivity index (χ0v) is 10.4. The highest BCUT2D eigenvalue weighted by Gasteiger charge is 2.65. The van der Waals surface area contributed by atoms with E-state index in [1.165, 1.54) is 7.11 Å². The van der Waals surface area contributed by atoms with Crippen molar-refractivity contribution in [3.8, 4) is 0 Å². The van der Waals surface area contributed by atoms with E-state index in [9.17, 15) is 4.79 Å². The zero-order chi connectivity index (χ0) is 12.6. The molecule has 1 rings (SSSR count). The number of methoxy groups -OCH3 is 1. The van der Waals surface area contributed by atoms with Crippen LogP contribution >= 0.6 is 0 Å². The molecule has 0 radical (unpaired) electrons. The quantitative estimate of drug-likeness (QED) is 0.433. The van der Waals surface area contributed by atoms with Crippen molar-refractivity contribution in [1.29, 1.82) is 0 Å². The van der Waals surface area contributed by atoms with E-state index >= 15 is 0 Å².